The van der Waals surface area contributed by atoms with Gasteiger partial charge in [-0.25, -0.2) is 0 Å². The molecular formula is C19H26O3. The Balaban J connectivity index is 1.69. The van der Waals surface area contributed by atoms with Crippen LogP contribution >= 0.6 is 0 Å². The third-order valence-corrected chi connectivity index (χ3v) is 7.06. The van der Waals surface area contributed by atoms with Gasteiger partial charge >= 0.3 is 0 Å². The zero-order chi connectivity index (χ0) is 15.5. The number of aliphatic hydroxyl groups is 2. The molecule has 3 aliphatic carbocycles. The van der Waals surface area contributed by atoms with Gasteiger partial charge in [-0.15, -0.1) is 0 Å². The van der Waals surface area contributed by atoms with Crippen molar-refractivity contribution in [1.82, 2.24) is 0 Å². The first-order chi connectivity index (χ1) is 10.5. The molecule has 0 aromatic heterocycles. The maximum atomic E-state index is 10.7. The number of aryl methyl sites for hydroxylation is 1. The monoisotopic (exact) mass is 302 g/mol. The van der Waals surface area contributed by atoms with Crippen molar-refractivity contribution in [1.29, 1.82) is 0 Å². The summed E-state index contributed by atoms with van der Waals surface area (Å²) in [6.07, 6.45) is 4.93. The number of fused-ring (bicyclic) bond motifs is 5. The van der Waals surface area contributed by atoms with Crippen LogP contribution in [0.25, 0.3) is 0 Å². The highest BCUT2D eigenvalue weighted by Gasteiger charge is 2.57. The first-order valence-corrected chi connectivity index (χ1v) is 8.65. The SMILES string of the molecule is C[C@]12CC[C@@H]3c4ccc(O)cc4CC[C@H]3[C@@H]1CC(CO)[C@H]2O. The number of phenolic OH excluding ortho intramolecular Hbond substituents is 1. The molecule has 4 rings (SSSR count). The third kappa shape index (κ3) is 1.88. The number of benzene rings is 1. The molecule has 3 heteroatoms. The smallest absolute Gasteiger partial charge is 0.115 e. The summed E-state index contributed by atoms with van der Waals surface area (Å²) in [4.78, 5) is 0. The van der Waals surface area contributed by atoms with Crippen molar-refractivity contribution >= 4 is 0 Å². The molecule has 0 heterocycles. The maximum absolute atomic E-state index is 10.7. The van der Waals surface area contributed by atoms with Gasteiger partial charge in [0.05, 0.1) is 6.10 Å². The minimum atomic E-state index is -0.357. The molecule has 0 spiro atoms. The van der Waals surface area contributed by atoms with Gasteiger partial charge in [-0.2, -0.15) is 0 Å². The van der Waals surface area contributed by atoms with Gasteiger partial charge in [0, 0.05) is 12.5 Å². The Morgan fingerprint density at radius 3 is 2.86 bits per heavy atom. The molecule has 1 unspecified atom stereocenters. The zero-order valence-corrected chi connectivity index (χ0v) is 13.2. The minimum Gasteiger partial charge on any atom is -0.508 e. The van der Waals surface area contributed by atoms with E-state index in [0.29, 0.717) is 23.5 Å². The normalized spacial score (nSPS) is 43.3. The number of hydrogen-bond acceptors (Lipinski definition) is 3. The Hall–Kier alpha value is -1.06. The van der Waals surface area contributed by atoms with E-state index in [1.54, 1.807) is 0 Å². The van der Waals surface area contributed by atoms with Crippen LogP contribution in [0, 0.1) is 23.2 Å². The third-order valence-electron chi connectivity index (χ3n) is 7.06. The molecule has 0 radical (unpaired) electrons. The predicted octanol–water partition coefficient (Wildman–Crippen LogP) is 2.83. The maximum Gasteiger partial charge on any atom is 0.115 e. The van der Waals surface area contributed by atoms with Crippen LogP contribution < -0.4 is 0 Å². The van der Waals surface area contributed by atoms with E-state index in [4.69, 9.17) is 0 Å². The molecule has 6 atom stereocenters. The fraction of sp³-hybridized carbons (Fsp3) is 0.684. The van der Waals surface area contributed by atoms with E-state index in [0.717, 1.165) is 32.1 Å². The summed E-state index contributed by atoms with van der Waals surface area (Å²) in [5.74, 6) is 2.11. The van der Waals surface area contributed by atoms with E-state index in [9.17, 15) is 15.3 Å². The molecule has 120 valence electrons. The Morgan fingerprint density at radius 2 is 2.09 bits per heavy atom. The summed E-state index contributed by atoms with van der Waals surface area (Å²) in [6, 6.07) is 5.85. The second-order valence-corrected chi connectivity index (χ2v) is 7.97. The number of aliphatic hydroxyl groups excluding tert-OH is 2. The first-order valence-electron chi connectivity index (χ1n) is 8.65. The molecule has 2 saturated carbocycles. The average Bonchev–Trinajstić information content (AvgIpc) is 2.78. The molecule has 0 saturated heterocycles. The standard InChI is InChI=1S/C19H26O3/c1-19-7-6-15-14-5-3-13(21)8-11(14)2-4-16(15)17(19)9-12(10-20)18(19)22/h3,5,8,12,15-18,20-22H,2,4,6-7,9-10H2,1H3/t12?,15-,16-,17+,18-,19+/m1/s1. The lowest BCUT2D eigenvalue weighted by molar-refractivity contribution is -0.0379. The molecular weight excluding hydrogens is 276 g/mol. The highest BCUT2D eigenvalue weighted by molar-refractivity contribution is 5.40. The van der Waals surface area contributed by atoms with Crippen LogP contribution in [0.15, 0.2) is 18.2 Å². The van der Waals surface area contributed by atoms with Crippen molar-refractivity contribution in [3.05, 3.63) is 29.3 Å². The van der Waals surface area contributed by atoms with Gasteiger partial charge in [-0.05, 0) is 78.5 Å². The van der Waals surface area contributed by atoms with Crippen LogP contribution in [0.2, 0.25) is 0 Å². The molecule has 1 aromatic rings. The first kappa shape index (κ1) is 14.5. The van der Waals surface area contributed by atoms with Crippen LogP contribution in [0.1, 0.15) is 49.7 Å². The average molecular weight is 302 g/mol. The van der Waals surface area contributed by atoms with E-state index in [1.165, 1.54) is 11.1 Å². The van der Waals surface area contributed by atoms with Crippen LogP contribution in [-0.4, -0.2) is 28.0 Å². The topological polar surface area (TPSA) is 60.7 Å². The molecule has 0 amide bonds. The summed E-state index contributed by atoms with van der Waals surface area (Å²) < 4.78 is 0. The summed E-state index contributed by atoms with van der Waals surface area (Å²) in [5.41, 5.74) is 2.70. The molecule has 0 aliphatic heterocycles. The van der Waals surface area contributed by atoms with Crippen LogP contribution in [0.5, 0.6) is 5.75 Å². The minimum absolute atomic E-state index is 0.0248. The van der Waals surface area contributed by atoms with E-state index < -0.39 is 0 Å². The number of hydrogen-bond donors (Lipinski definition) is 3. The number of rotatable bonds is 1. The van der Waals surface area contributed by atoms with E-state index in [-0.39, 0.29) is 24.0 Å². The molecule has 2 fully saturated rings. The van der Waals surface area contributed by atoms with E-state index in [1.807, 2.05) is 12.1 Å². The molecule has 3 nitrogen and oxygen atoms in total. The Bertz CT molecular complexity index is 584. The van der Waals surface area contributed by atoms with Crippen LogP contribution in [-0.2, 0) is 6.42 Å². The fourth-order valence-corrected chi connectivity index (χ4v) is 5.90. The lowest BCUT2D eigenvalue weighted by atomic mass is 9.55. The molecule has 3 aliphatic rings. The molecule has 1 aromatic carbocycles. The Kier molecular flexibility index (Phi) is 3.28. The number of phenols is 1. The summed E-state index contributed by atoms with van der Waals surface area (Å²) in [6.45, 7) is 2.34. The second kappa shape index (κ2) is 4.97. The number of aromatic hydroxyl groups is 1. The molecule has 22 heavy (non-hydrogen) atoms. The van der Waals surface area contributed by atoms with Gasteiger partial charge in [0.25, 0.3) is 0 Å². The second-order valence-electron chi connectivity index (χ2n) is 7.97. The largest absolute Gasteiger partial charge is 0.508 e. The van der Waals surface area contributed by atoms with Gasteiger partial charge in [0.1, 0.15) is 5.75 Å². The van der Waals surface area contributed by atoms with Crippen molar-refractivity contribution < 1.29 is 15.3 Å². The van der Waals surface area contributed by atoms with E-state index >= 15 is 0 Å². The van der Waals surface area contributed by atoms with E-state index in [2.05, 4.69) is 13.0 Å². The quantitative estimate of drug-likeness (QED) is 0.747. The zero-order valence-electron chi connectivity index (χ0n) is 13.2. The lowest BCUT2D eigenvalue weighted by Crippen LogP contribution is -2.44. The summed E-state index contributed by atoms with van der Waals surface area (Å²) >= 11 is 0. The van der Waals surface area contributed by atoms with Crippen molar-refractivity contribution in [2.24, 2.45) is 23.2 Å². The van der Waals surface area contributed by atoms with Gasteiger partial charge in [-0.3, -0.25) is 0 Å². The summed E-state index contributed by atoms with van der Waals surface area (Å²) in [7, 11) is 0. The van der Waals surface area contributed by atoms with Crippen molar-refractivity contribution in [3.8, 4) is 5.75 Å². The van der Waals surface area contributed by atoms with Gasteiger partial charge in [0.2, 0.25) is 0 Å². The van der Waals surface area contributed by atoms with Crippen molar-refractivity contribution in [2.75, 3.05) is 6.61 Å². The Morgan fingerprint density at radius 1 is 1.27 bits per heavy atom. The molecule has 3 N–H and O–H groups in total. The lowest BCUT2D eigenvalue weighted by Gasteiger charge is -2.50. The predicted molar refractivity (Wildman–Crippen MR) is 84.7 cm³/mol. The Labute approximate surface area is 132 Å². The fourth-order valence-electron chi connectivity index (χ4n) is 5.90. The molecule has 0 bridgehead atoms. The van der Waals surface area contributed by atoms with Gasteiger partial charge in [0.15, 0.2) is 0 Å². The highest BCUT2D eigenvalue weighted by Crippen LogP contribution is 2.62. The summed E-state index contributed by atoms with van der Waals surface area (Å²) in [5, 5.41) is 30.0. The van der Waals surface area contributed by atoms with Gasteiger partial charge < -0.3 is 15.3 Å². The van der Waals surface area contributed by atoms with Crippen molar-refractivity contribution in [2.45, 2.75) is 51.0 Å². The van der Waals surface area contributed by atoms with Crippen LogP contribution in [0.4, 0.5) is 0 Å². The van der Waals surface area contributed by atoms with Crippen LogP contribution in [0.3, 0.4) is 0 Å². The van der Waals surface area contributed by atoms with Gasteiger partial charge in [-0.1, -0.05) is 13.0 Å². The van der Waals surface area contributed by atoms with Crippen molar-refractivity contribution in [3.63, 3.8) is 0 Å². The highest BCUT2D eigenvalue weighted by atomic mass is 16.3.